The molecular formula is C16H19BrN2OS. The van der Waals surface area contributed by atoms with E-state index in [4.69, 9.17) is 0 Å². The lowest BCUT2D eigenvalue weighted by Gasteiger charge is -2.12. The summed E-state index contributed by atoms with van der Waals surface area (Å²) in [6.45, 7) is 5.75. The average Bonchev–Trinajstić information content (AvgIpc) is 2.91. The summed E-state index contributed by atoms with van der Waals surface area (Å²) in [5.74, 6) is -0.135. The van der Waals surface area contributed by atoms with E-state index in [9.17, 15) is 4.79 Å². The number of benzene rings is 1. The van der Waals surface area contributed by atoms with E-state index in [1.54, 1.807) is 11.3 Å². The van der Waals surface area contributed by atoms with Crippen molar-refractivity contribution in [2.75, 3.05) is 11.9 Å². The second kappa shape index (κ2) is 7.73. The highest BCUT2D eigenvalue weighted by Gasteiger charge is 2.17. The summed E-state index contributed by atoms with van der Waals surface area (Å²) in [5.41, 5.74) is 2.01. The summed E-state index contributed by atoms with van der Waals surface area (Å²) in [7, 11) is 0. The Morgan fingerprint density at radius 2 is 2.14 bits per heavy atom. The van der Waals surface area contributed by atoms with Crippen LogP contribution in [0.15, 0.2) is 40.2 Å². The molecule has 0 saturated carbocycles. The topological polar surface area (TPSA) is 41.1 Å². The van der Waals surface area contributed by atoms with Gasteiger partial charge in [-0.3, -0.25) is 4.79 Å². The summed E-state index contributed by atoms with van der Waals surface area (Å²) in [4.78, 5) is 13.4. The lowest BCUT2D eigenvalue weighted by molar-refractivity contribution is -0.117. The first-order valence-electron chi connectivity index (χ1n) is 6.96. The Morgan fingerprint density at radius 3 is 2.81 bits per heavy atom. The van der Waals surface area contributed by atoms with E-state index in [-0.39, 0.29) is 11.8 Å². The van der Waals surface area contributed by atoms with E-state index in [1.807, 2.05) is 37.3 Å². The molecule has 1 atom stereocenters. The molecule has 5 heteroatoms. The van der Waals surface area contributed by atoms with Crippen molar-refractivity contribution in [2.45, 2.75) is 26.3 Å². The van der Waals surface area contributed by atoms with Crippen molar-refractivity contribution in [3.63, 3.8) is 0 Å². The molecule has 0 bridgehead atoms. The number of thiophene rings is 1. The highest BCUT2D eigenvalue weighted by molar-refractivity contribution is 9.11. The van der Waals surface area contributed by atoms with E-state index in [1.165, 1.54) is 5.56 Å². The molecule has 1 amide bonds. The van der Waals surface area contributed by atoms with Crippen LogP contribution in [0.2, 0.25) is 0 Å². The maximum absolute atomic E-state index is 12.3. The fourth-order valence-corrected chi connectivity index (χ4v) is 3.44. The van der Waals surface area contributed by atoms with E-state index in [0.717, 1.165) is 27.4 Å². The molecule has 1 aromatic carbocycles. The number of hydrogen-bond donors (Lipinski definition) is 2. The highest BCUT2D eigenvalue weighted by atomic mass is 79.9. The van der Waals surface area contributed by atoms with E-state index in [0.29, 0.717) is 0 Å². The van der Waals surface area contributed by atoms with Crippen LogP contribution in [0.1, 0.15) is 30.2 Å². The van der Waals surface area contributed by atoms with E-state index in [2.05, 4.69) is 39.6 Å². The van der Waals surface area contributed by atoms with Gasteiger partial charge in [0.2, 0.25) is 5.91 Å². The number of carbonyl (C=O) groups excluding carboxylic acids is 1. The van der Waals surface area contributed by atoms with Crippen LogP contribution in [-0.2, 0) is 11.3 Å². The number of amides is 1. The van der Waals surface area contributed by atoms with Gasteiger partial charge in [-0.05, 0) is 59.2 Å². The molecule has 21 heavy (non-hydrogen) atoms. The van der Waals surface area contributed by atoms with Crippen LogP contribution in [-0.4, -0.2) is 12.5 Å². The van der Waals surface area contributed by atoms with Gasteiger partial charge in [-0.1, -0.05) is 19.1 Å². The smallest absolute Gasteiger partial charge is 0.232 e. The Hall–Kier alpha value is -1.17. The molecule has 1 unspecified atom stereocenters. The van der Waals surface area contributed by atoms with Crippen LogP contribution in [0.25, 0.3) is 0 Å². The van der Waals surface area contributed by atoms with E-state index < -0.39 is 0 Å². The maximum Gasteiger partial charge on any atom is 0.232 e. The first-order valence-corrected chi connectivity index (χ1v) is 8.57. The molecule has 0 radical (unpaired) electrons. The third kappa shape index (κ3) is 4.66. The molecule has 0 aliphatic carbocycles. The molecule has 3 nitrogen and oxygen atoms in total. The average molecular weight is 367 g/mol. The van der Waals surface area contributed by atoms with Crippen LogP contribution in [0.4, 0.5) is 5.69 Å². The molecule has 0 saturated heterocycles. The number of nitrogens with one attached hydrogen (secondary N) is 2. The van der Waals surface area contributed by atoms with Crippen molar-refractivity contribution in [3.8, 4) is 0 Å². The Bertz CT molecular complexity index is 612. The number of anilines is 1. The Morgan fingerprint density at radius 1 is 1.33 bits per heavy atom. The van der Waals surface area contributed by atoms with Gasteiger partial charge in [0.25, 0.3) is 0 Å². The van der Waals surface area contributed by atoms with Crippen molar-refractivity contribution < 1.29 is 4.79 Å². The molecule has 0 aliphatic rings. The standard InChI is InChI=1S/C16H19BrN2OS/c1-3-18-10-12-5-4-6-13(9-12)19-16(20)11(2)14-7-8-15(17)21-14/h4-9,11,18H,3,10H2,1-2H3,(H,19,20). The van der Waals surface area contributed by atoms with Gasteiger partial charge in [0.15, 0.2) is 0 Å². The normalized spacial score (nSPS) is 12.1. The van der Waals surface area contributed by atoms with Crippen LogP contribution in [0.3, 0.4) is 0 Å². The third-order valence-corrected chi connectivity index (χ3v) is 4.99. The summed E-state index contributed by atoms with van der Waals surface area (Å²) >= 11 is 5.02. The fourth-order valence-electron chi connectivity index (χ4n) is 1.97. The van der Waals surface area contributed by atoms with Gasteiger partial charge in [-0.15, -0.1) is 11.3 Å². The molecule has 0 aliphatic heterocycles. The molecule has 0 fully saturated rings. The van der Waals surface area contributed by atoms with Gasteiger partial charge in [0.05, 0.1) is 9.70 Å². The Kier molecular flexibility index (Phi) is 5.96. The van der Waals surface area contributed by atoms with E-state index >= 15 is 0 Å². The van der Waals surface area contributed by atoms with Crippen molar-refractivity contribution in [3.05, 3.63) is 50.6 Å². The highest BCUT2D eigenvalue weighted by Crippen LogP contribution is 2.29. The molecule has 0 spiro atoms. The van der Waals surface area contributed by atoms with Crippen LogP contribution >= 0.6 is 27.3 Å². The van der Waals surface area contributed by atoms with Gasteiger partial charge < -0.3 is 10.6 Å². The summed E-state index contributed by atoms with van der Waals surface area (Å²) in [6, 6.07) is 11.9. The molecule has 1 aromatic heterocycles. The van der Waals surface area contributed by atoms with Gasteiger partial charge in [0, 0.05) is 17.1 Å². The van der Waals surface area contributed by atoms with Gasteiger partial charge in [-0.2, -0.15) is 0 Å². The number of hydrogen-bond acceptors (Lipinski definition) is 3. The van der Waals surface area contributed by atoms with Gasteiger partial charge in [0.1, 0.15) is 0 Å². The minimum atomic E-state index is -0.154. The van der Waals surface area contributed by atoms with Crippen LogP contribution in [0.5, 0.6) is 0 Å². The Balaban J connectivity index is 2.02. The zero-order valence-corrected chi connectivity index (χ0v) is 14.6. The number of rotatable bonds is 6. The lowest BCUT2D eigenvalue weighted by atomic mass is 10.1. The second-order valence-corrected chi connectivity index (χ2v) is 7.33. The molecule has 112 valence electrons. The SMILES string of the molecule is CCNCc1cccc(NC(=O)C(C)c2ccc(Br)s2)c1. The second-order valence-electron chi connectivity index (χ2n) is 4.83. The quantitative estimate of drug-likeness (QED) is 0.797. The van der Waals surface area contributed by atoms with Gasteiger partial charge >= 0.3 is 0 Å². The van der Waals surface area contributed by atoms with Crippen molar-refractivity contribution in [1.29, 1.82) is 0 Å². The molecular weight excluding hydrogens is 348 g/mol. The zero-order chi connectivity index (χ0) is 15.2. The van der Waals surface area contributed by atoms with Crippen molar-refractivity contribution in [1.82, 2.24) is 5.32 Å². The van der Waals surface area contributed by atoms with Crippen LogP contribution in [0, 0.1) is 0 Å². The molecule has 1 heterocycles. The first-order chi connectivity index (χ1) is 10.1. The van der Waals surface area contributed by atoms with Crippen molar-refractivity contribution in [2.24, 2.45) is 0 Å². The lowest BCUT2D eigenvalue weighted by Crippen LogP contribution is -2.18. The predicted molar refractivity (Wildman–Crippen MR) is 92.9 cm³/mol. The molecule has 2 N–H and O–H groups in total. The number of carbonyl (C=O) groups is 1. The summed E-state index contributed by atoms with van der Waals surface area (Å²) in [5, 5.41) is 6.27. The van der Waals surface area contributed by atoms with Crippen molar-refractivity contribution >= 4 is 38.9 Å². The molecule has 2 aromatic rings. The first kappa shape index (κ1) is 16.2. The largest absolute Gasteiger partial charge is 0.326 e. The predicted octanol–water partition coefficient (Wildman–Crippen LogP) is 4.36. The third-order valence-electron chi connectivity index (χ3n) is 3.19. The fraction of sp³-hybridized carbons (Fsp3) is 0.312. The summed E-state index contributed by atoms with van der Waals surface area (Å²) < 4.78 is 1.05. The zero-order valence-electron chi connectivity index (χ0n) is 12.2. The monoisotopic (exact) mass is 366 g/mol. The number of halogens is 1. The maximum atomic E-state index is 12.3. The Labute approximate surface area is 137 Å². The molecule has 2 rings (SSSR count). The van der Waals surface area contributed by atoms with Gasteiger partial charge in [-0.25, -0.2) is 0 Å². The summed E-state index contributed by atoms with van der Waals surface area (Å²) in [6.07, 6.45) is 0. The van der Waals surface area contributed by atoms with Crippen LogP contribution < -0.4 is 10.6 Å². The minimum absolute atomic E-state index is 0.0185. The minimum Gasteiger partial charge on any atom is -0.326 e.